The number of alkyl halides is 10. The van der Waals surface area contributed by atoms with Crippen molar-refractivity contribution in [2.45, 2.75) is 29.6 Å². The third kappa shape index (κ3) is 1.18. The zero-order valence-electron chi connectivity index (χ0n) is 6.78. The first kappa shape index (κ1) is 13.4. The van der Waals surface area contributed by atoms with Gasteiger partial charge < -0.3 is 0 Å². The number of halogens is 10. The van der Waals surface area contributed by atoms with Crippen LogP contribution in [0.2, 0.25) is 0 Å². The molecule has 94 valence electrons. The Balaban J connectivity index is 3.43. The van der Waals surface area contributed by atoms with E-state index in [1.165, 1.54) is 0 Å². The van der Waals surface area contributed by atoms with Crippen molar-refractivity contribution in [2.75, 3.05) is 0 Å². The van der Waals surface area contributed by atoms with Crippen LogP contribution in [-0.2, 0) is 0 Å². The molecule has 1 aliphatic carbocycles. The Bertz CT molecular complexity index is 274. The van der Waals surface area contributed by atoms with Gasteiger partial charge in [-0.15, -0.1) is 0 Å². The fourth-order valence-corrected chi connectivity index (χ4v) is 0.946. The third-order valence-electron chi connectivity index (χ3n) is 1.89. The molecule has 0 amide bonds. The van der Waals surface area contributed by atoms with Crippen LogP contribution in [0.25, 0.3) is 0 Å². The minimum absolute atomic E-state index is 0.779. The van der Waals surface area contributed by atoms with Gasteiger partial charge in [-0.3, -0.25) is 0 Å². The molecule has 0 saturated heterocycles. The molecule has 1 aliphatic rings. The Labute approximate surface area is 81.2 Å². The molecule has 0 unspecified atom stereocenters. The predicted octanol–water partition coefficient (Wildman–Crippen LogP) is 3.26. The van der Waals surface area contributed by atoms with Crippen molar-refractivity contribution in [1.29, 1.82) is 0 Å². The van der Waals surface area contributed by atoms with Gasteiger partial charge in [0.1, 0.15) is 6.42 Å². The van der Waals surface area contributed by atoms with Crippen molar-refractivity contribution >= 4 is 0 Å². The molecule has 16 heavy (non-hydrogen) atoms. The van der Waals surface area contributed by atoms with Crippen LogP contribution in [0, 0.1) is 6.42 Å². The van der Waals surface area contributed by atoms with E-state index in [1.54, 1.807) is 0 Å². The normalized spacial score (nSPS) is 33.4. The molecule has 0 aromatic carbocycles. The number of hydrogen-bond donors (Lipinski definition) is 0. The Morgan fingerprint density at radius 2 is 0.688 bits per heavy atom. The van der Waals surface area contributed by atoms with E-state index in [0.717, 1.165) is 0 Å². The van der Waals surface area contributed by atoms with Crippen LogP contribution in [0.5, 0.6) is 0 Å². The zero-order valence-corrected chi connectivity index (χ0v) is 6.78. The maximum atomic E-state index is 12.3. The summed E-state index contributed by atoms with van der Waals surface area (Å²) in [5.74, 6) is -32.5. The van der Waals surface area contributed by atoms with Crippen LogP contribution in [0.3, 0.4) is 0 Å². The standard InChI is InChI=1S/C6F10/c7-2(8)1-3(9,10)5(13,14)6(15,16)4(2,11)12. The predicted molar refractivity (Wildman–Crippen MR) is 28.0 cm³/mol. The van der Waals surface area contributed by atoms with Gasteiger partial charge in [0.15, 0.2) is 0 Å². The van der Waals surface area contributed by atoms with E-state index >= 15 is 0 Å². The van der Waals surface area contributed by atoms with Crippen molar-refractivity contribution < 1.29 is 43.9 Å². The fraction of sp³-hybridized carbons (Fsp3) is 0.833. The minimum Gasteiger partial charge on any atom is -0.199 e. The van der Waals surface area contributed by atoms with Gasteiger partial charge in [0.2, 0.25) is 0 Å². The highest BCUT2D eigenvalue weighted by atomic mass is 19.4. The topological polar surface area (TPSA) is 0 Å². The van der Waals surface area contributed by atoms with Crippen LogP contribution in [-0.4, -0.2) is 29.6 Å². The number of hydrogen-bond acceptors (Lipinski definition) is 0. The molecule has 1 rings (SSSR count). The highest BCUT2D eigenvalue weighted by molar-refractivity contribution is 5.23. The Kier molecular flexibility index (Phi) is 2.30. The van der Waals surface area contributed by atoms with E-state index in [1.807, 2.05) is 0 Å². The maximum absolute atomic E-state index is 12.3. The van der Waals surface area contributed by atoms with Gasteiger partial charge >= 0.3 is 29.6 Å². The average molecular weight is 262 g/mol. The van der Waals surface area contributed by atoms with Gasteiger partial charge in [0.25, 0.3) is 0 Å². The summed E-state index contributed by atoms with van der Waals surface area (Å²) in [6.07, 6.45) is -0.779. The van der Waals surface area contributed by atoms with Crippen LogP contribution < -0.4 is 0 Å². The van der Waals surface area contributed by atoms with Gasteiger partial charge in [0.05, 0.1) is 0 Å². The molecule has 0 spiro atoms. The van der Waals surface area contributed by atoms with E-state index in [0.29, 0.717) is 0 Å². The molecule has 0 aliphatic heterocycles. The summed E-state index contributed by atoms with van der Waals surface area (Å²) in [4.78, 5) is 0. The van der Waals surface area contributed by atoms with Crippen molar-refractivity contribution in [3.05, 3.63) is 6.42 Å². The summed E-state index contributed by atoms with van der Waals surface area (Å²) in [7, 11) is 0. The van der Waals surface area contributed by atoms with E-state index in [9.17, 15) is 43.9 Å². The Morgan fingerprint density at radius 3 is 0.938 bits per heavy atom. The van der Waals surface area contributed by atoms with E-state index < -0.39 is 36.0 Å². The summed E-state index contributed by atoms with van der Waals surface area (Å²) in [5.41, 5.74) is 0. The lowest BCUT2D eigenvalue weighted by Crippen LogP contribution is -2.73. The Morgan fingerprint density at radius 1 is 0.438 bits per heavy atom. The largest absolute Gasteiger partial charge is 0.384 e. The van der Waals surface area contributed by atoms with Gasteiger partial charge in [-0.2, -0.15) is 43.9 Å². The van der Waals surface area contributed by atoms with Crippen molar-refractivity contribution in [2.24, 2.45) is 0 Å². The van der Waals surface area contributed by atoms with Crippen molar-refractivity contribution in [3.63, 3.8) is 0 Å². The molecule has 1 fully saturated rings. The smallest absolute Gasteiger partial charge is 0.199 e. The van der Waals surface area contributed by atoms with Crippen LogP contribution in [0.1, 0.15) is 0 Å². The van der Waals surface area contributed by atoms with Crippen LogP contribution >= 0.6 is 0 Å². The monoisotopic (exact) mass is 262 g/mol. The zero-order chi connectivity index (χ0) is 13.2. The molecule has 0 N–H and O–H groups in total. The van der Waals surface area contributed by atoms with E-state index in [-0.39, 0.29) is 0 Å². The maximum Gasteiger partial charge on any atom is 0.384 e. The summed E-state index contributed by atoms with van der Waals surface area (Å²) < 4.78 is 122. The van der Waals surface area contributed by atoms with Crippen molar-refractivity contribution in [1.82, 2.24) is 0 Å². The molecule has 0 aromatic rings. The van der Waals surface area contributed by atoms with Crippen LogP contribution in [0.15, 0.2) is 0 Å². The van der Waals surface area contributed by atoms with E-state index in [2.05, 4.69) is 0 Å². The lowest BCUT2D eigenvalue weighted by molar-refractivity contribution is -0.422. The second kappa shape index (κ2) is 2.76. The molecule has 0 bridgehead atoms. The molecule has 0 nitrogen and oxygen atoms in total. The lowest BCUT2D eigenvalue weighted by atomic mass is 9.83. The summed E-state index contributed by atoms with van der Waals surface area (Å²) in [6.45, 7) is 0. The molecule has 1 saturated carbocycles. The first-order valence-electron chi connectivity index (χ1n) is 3.39. The first-order chi connectivity index (χ1) is 6.71. The average Bonchev–Trinajstić information content (AvgIpc) is 1.98. The highest BCUT2D eigenvalue weighted by Gasteiger charge is 2.92. The lowest BCUT2D eigenvalue weighted by Gasteiger charge is -2.44. The minimum atomic E-state index is -6.89. The molecule has 2 radical (unpaired) electrons. The van der Waals surface area contributed by atoms with Gasteiger partial charge in [-0.05, 0) is 0 Å². The second-order valence-electron chi connectivity index (χ2n) is 3.00. The first-order valence-corrected chi connectivity index (χ1v) is 3.39. The van der Waals surface area contributed by atoms with Crippen LogP contribution in [0.4, 0.5) is 43.9 Å². The molecule has 0 atom stereocenters. The summed E-state index contributed by atoms with van der Waals surface area (Å²) in [5, 5.41) is 0. The van der Waals surface area contributed by atoms with Crippen molar-refractivity contribution in [3.8, 4) is 0 Å². The molecule has 0 heterocycles. The second-order valence-corrected chi connectivity index (χ2v) is 3.00. The summed E-state index contributed by atoms with van der Waals surface area (Å²) in [6, 6.07) is 0. The molecule has 10 heteroatoms. The fourth-order valence-electron chi connectivity index (χ4n) is 0.946. The quantitative estimate of drug-likeness (QED) is 0.588. The molecule has 0 aromatic heterocycles. The SMILES string of the molecule is FC1(F)[C]C(F)(F)C(F)(F)C(F)(F)C1(F)F. The highest BCUT2D eigenvalue weighted by Crippen LogP contribution is 2.63. The molecular weight excluding hydrogens is 262 g/mol. The van der Waals surface area contributed by atoms with E-state index in [4.69, 9.17) is 0 Å². The third-order valence-corrected chi connectivity index (χ3v) is 1.89. The van der Waals surface area contributed by atoms with Gasteiger partial charge in [-0.25, -0.2) is 0 Å². The number of rotatable bonds is 0. The van der Waals surface area contributed by atoms with Gasteiger partial charge in [-0.1, -0.05) is 0 Å². The summed E-state index contributed by atoms with van der Waals surface area (Å²) >= 11 is 0. The van der Waals surface area contributed by atoms with Gasteiger partial charge in [0, 0.05) is 0 Å². The Hall–Kier alpha value is -0.700. The molecular formula is C6F10.